The molecule has 0 saturated carbocycles. The molecule has 2 unspecified atom stereocenters. The summed E-state index contributed by atoms with van der Waals surface area (Å²) in [6.45, 7) is 2.11. The molecule has 5 N–H and O–H groups in total. The highest BCUT2D eigenvalue weighted by Crippen LogP contribution is 2.30. The number of piperidine rings is 2. The Kier molecular flexibility index (Phi) is 5.22. The van der Waals surface area contributed by atoms with E-state index in [1.807, 2.05) is 6.92 Å². The molecule has 4 rings (SSSR count). The van der Waals surface area contributed by atoms with E-state index in [-0.39, 0.29) is 11.5 Å². The van der Waals surface area contributed by atoms with Crippen molar-refractivity contribution < 1.29 is 9.50 Å². The van der Waals surface area contributed by atoms with Crippen LogP contribution in [0.4, 0.5) is 22.0 Å². The molecule has 9 heteroatoms. The molecule has 2 aromatic heterocycles. The molecule has 0 amide bonds. The van der Waals surface area contributed by atoms with Crippen molar-refractivity contribution in [3.05, 3.63) is 23.3 Å². The van der Waals surface area contributed by atoms with Crippen LogP contribution in [0.5, 0.6) is 0 Å². The van der Waals surface area contributed by atoms with E-state index in [0.29, 0.717) is 29.8 Å². The lowest BCUT2D eigenvalue weighted by molar-refractivity contribution is 0.192. The maximum absolute atomic E-state index is 14.5. The average molecular weight is 375 g/mol. The first-order valence-electron chi connectivity index (χ1n) is 9.57. The van der Waals surface area contributed by atoms with Gasteiger partial charge in [-0.2, -0.15) is 10.1 Å². The average Bonchev–Trinajstić information content (AvgIpc) is 3.06. The van der Waals surface area contributed by atoms with Crippen molar-refractivity contribution in [2.45, 2.75) is 57.7 Å². The molecule has 0 aromatic carbocycles. The molecular weight excluding hydrogens is 349 g/mol. The molecule has 0 radical (unpaired) electrons. The molecule has 2 aliphatic heterocycles. The quantitative estimate of drug-likeness (QED) is 0.526. The van der Waals surface area contributed by atoms with E-state index in [1.54, 1.807) is 6.07 Å². The van der Waals surface area contributed by atoms with E-state index in [2.05, 4.69) is 36.1 Å². The molecule has 2 aromatic rings. The molecule has 4 heterocycles. The summed E-state index contributed by atoms with van der Waals surface area (Å²) in [5.41, 5.74) is 0.814. The van der Waals surface area contributed by atoms with Gasteiger partial charge in [0.15, 0.2) is 17.5 Å². The van der Waals surface area contributed by atoms with Gasteiger partial charge in [-0.25, -0.2) is 9.37 Å². The molecule has 2 fully saturated rings. The van der Waals surface area contributed by atoms with E-state index in [1.165, 1.54) is 19.3 Å². The van der Waals surface area contributed by atoms with Gasteiger partial charge < -0.3 is 21.1 Å². The van der Waals surface area contributed by atoms with E-state index in [0.717, 1.165) is 25.1 Å². The number of hydrogen-bond acceptors (Lipinski definition) is 7. The van der Waals surface area contributed by atoms with Crippen LogP contribution in [0.2, 0.25) is 0 Å². The summed E-state index contributed by atoms with van der Waals surface area (Å²) in [4.78, 5) is 8.38. The molecule has 8 nitrogen and oxygen atoms in total. The summed E-state index contributed by atoms with van der Waals surface area (Å²) in [5, 5.41) is 26.0. The maximum atomic E-state index is 14.5. The number of halogens is 1. The van der Waals surface area contributed by atoms with Crippen molar-refractivity contribution in [1.29, 1.82) is 0 Å². The number of aromatic nitrogens is 4. The Labute approximate surface area is 157 Å². The van der Waals surface area contributed by atoms with Gasteiger partial charge in [-0.15, -0.1) is 0 Å². The zero-order chi connectivity index (χ0) is 18.8. The number of nitrogens with one attached hydrogen (secondary N) is 4. The van der Waals surface area contributed by atoms with Gasteiger partial charge in [-0.1, -0.05) is 6.42 Å². The summed E-state index contributed by atoms with van der Waals surface area (Å²) < 4.78 is 14.5. The van der Waals surface area contributed by atoms with Crippen molar-refractivity contribution in [3.8, 4) is 0 Å². The minimum Gasteiger partial charge on any atom is -0.390 e. The minimum atomic E-state index is -0.667. The second-order valence-corrected chi connectivity index (χ2v) is 7.59. The highest BCUT2D eigenvalue weighted by molar-refractivity contribution is 5.55. The van der Waals surface area contributed by atoms with Crippen LogP contribution in [0.3, 0.4) is 0 Å². The zero-order valence-electron chi connectivity index (χ0n) is 15.4. The summed E-state index contributed by atoms with van der Waals surface area (Å²) in [5.74, 6) is 0.661. The van der Waals surface area contributed by atoms with Crippen LogP contribution in [0.1, 0.15) is 43.5 Å². The molecule has 2 saturated heterocycles. The molecule has 0 spiro atoms. The zero-order valence-corrected chi connectivity index (χ0v) is 15.4. The third-order valence-electron chi connectivity index (χ3n) is 5.38. The SMILES string of the molecule is Cc1cc(Nc2nc(NCC3CC4CCCC(C3)N4)nc(CO)c2F)n[nH]1. The van der Waals surface area contributed by atoms with Crippen LogP contribution in [0.15, 0.2) is 6.07 Å². The summed E-state index contributed by atoms with van der Waals surface area (Å²) in [6, 6.07) is 2.96. The fourth-order valence-electron chi connectivity index (χ4n) is 4.15. The number of hydrogen-bond donors (Lipinski definition) is 5. The topological polar surface area (TPSA) is 111 Å². The Morgan fingerprint density at radius 1 is 1.26 bits per heavy atom. The van der Waals surface area contributed by atoms with Gasteiger partial charge in [0.25, 0.3) is 0 Å². The van der Waals surface area contributed by atoms with Gasteiger partial charge >= 0.3 is 0 Å². The standard InChI is InChI=1S/C18H26FN7O/c1-10-5-15(26-25-10)23-17-16(19)14(9-27)22-18(24-17)20-8-11-6-12-3-2-4-13(7-11)21-12/h5,11-13,21,27H,2-4,6-9H2,1H3,(H3,20,22,23,24,25,26). The molecule has 2 bridgehead atoms. The first-order valence-corrected chi connectivity index (χ1v) is 9.57. The highest BCUT2D eigenvalue weighted by atomic mass is 19.1. The van der Waals surface area contributed by atoms with Crippen LogP contribution >= 0.6 is 0 Å². The highest BCUT2D eigenvalue weighted by Gasteiger charge is 2.31. The monoisotopic (exact) mass is 375 g/mol. The van der Waals surface area contributed by atoms with E-state index < -0.39 is 12.4 Å². The lowest BCUT2D eigenvalue weighted by atomic mass is 9.80. The van der Waals surface area contributed by atoms with Crippen LogP contribution in [-0.4, -0.2) is 43.9 Å². The molecule has 27 heavy (non-hydrogen) atoms. The number of aliphatic hydroxyl groups excluding tert-OH is 1. The van der Waals surface area contributed by atoms with Crippen LogP contribution < -0.4 is 16.0 Å². The maximum Gasteiger partial charge on any atom is 0.225 e. The Morgan fingerprint density at radius 2 is 2.04 bits per heavy atom. The molecule has 146 valence electrons. The molecule has 2 aliphatic rings. The Hall–Kier alpha value is -2.26. The van der Waals surface area contributed by atoms with Crippen molar-refractivity contribution in [1.82, 2.24) is 25.5 Å². The third kappa shape index (κ3) is 4.19. The van der Waals surface area contributed by atoms with Gasteiger partial charge in [0.2, 0.25) is 5.95 Å². The number of aryl methyl sites for hydroxylation is 1. The normalized spacial score (nSPS) is 24.6. The molecule has 2 atom stereocenters. The van der Waals surface area contributed by atoms with Gasteiger partial charge in [-0.05, 0) is 38.5 Å². The number of aromatic amines is 1. The fourth-order valence-corrected chi connectivity index (χ4v) is 4.15. The van der Waals surface area contributed by atoms with E-state index in [9.17, 15) is 9.50 Å². The Balaban J connectivity index is 1.46. The van der Waals surface area contributed by atoms with Gasteiger partial charge in [0.05, 0.1) is 6.61 Å². The lowest BCUT2D eigenvalue weighted by Crippen LogP contribution is -2.49. The van der Waals surface area contributed by atoms with Gasteiger partial charge in [0.1, 0.15) is 5.69 Å². The second kappa shape index (κ2) is 7.77. The molecular formula is C18H26FN7O. The predicted octanol–water partition coefficient (Wildman–Crippen LogP) is 2.22. The van der Waals surface area contributed by atoms with Crippen molar-refractivity contribution in [2.75, 3.05) is 17.2 Å². The van der Waals surface area contributed by atoms with E-state index >= 15 is 0 Å². The number of rotatable bonds is 6. The summed E-state index contributed by atoms with van der Waals surface area (Å²) in [7, 11) is 0. The number of aliphatic hydroxyl groups is 1. The van der Waals surface area contributed by atoms with Crippen molar-refractivity contribution in [3.63, 3.8) is 0 Å². The lowest BCUT2D eigenvalue weighted by Gasteiger charge is -2.40. The van der Waals surface area contributed by atoms with Crippen molar-refractivity contribution in [2.24, 2.45) is 5.92 Å². The Morgan fingerprint density at radius 3 is 2.70 bits per heavy atom. The number of H-pyrrole nitrogens is 1. The summed E-state index contributed by atoms with van der Waals surface area (Å²) >= 11 is 0. The van der Waals surface area contributed by atoms with Gasteiger partial charge in [0, 0.05) is 30.4 Å². The van der Waals surface area contributed by atoms with Gasteiger partial charge in [-0.3, -0.25) is 5.10 Å². The second-order valence-electron chi connectivity index (χ2n) is 7.59. The first kappa shape index (κ1) is 18.1. The minimum absolute atomic E-state index is 0.00484. The smallest absolute Gasteiger partial charge is 0.225 e. The van der Waals surface area contributed by atoms with Crippen molar-refractivity contribution >= 4 is 17.6 Å². The number of nitrogens with zero attached hydrogens (tertiary/aromatic N) is 3. The Bertz CT molecular complexity index is 784. The van der Waals surface area contributed by atoms with E-state index in [4.69, 9.17) is 0 Å². The fraction of sp³-hybridized carbons (Fsp3) is 0.611. The number of fused-ring (bicyclic) bond motifs is 2. The van der Waals surface area contributed by atoms with Crippen LogP contribution in [0, 0.1) is 18.7 Å². The summed E-state index contributed by atoms with van der Waals surface area (Å²) in [6.07, 6.45) is 6.06. The number of anilines is 3. The van der Waals surface area contributed by atoms with Crippen LogP contribution in [0.25, 0.3) is 0 Å². The first-order chi connectivity index (χ1) is 13.1. The third-order valence-corrected chi connectivity index (χ3v) is 5.38. The van der Waals surface area contributed by atoms with Crippen LogP contribution in [-0.2, 0) is 6.61 Å². The largest absolute Gasteiger partial charge is 0.390 e. The molecule has 0 aliphatic carbocycles. The predicted molar refractivity (Wildman–Crippen MR) is 100 cm³/mol.